The van der Waals surface area contributed by atoms with Gasteiger partial charge in [0.25, 0.3) is 5.91 Å². The number of methoxy groups -OCH3 is 1. The van der Waals surface area contributed by atoms with Crippen LogP contribution < -0.4 is 14.4 Å². The Morgan fingerprint density at radius 3 is 2.42 bits per heavy atom. The third-order valence-corrected chi connectivity index (χ3v) is 6.38. The summed E-state index contributed by atoms with van der Waals surface area (Å²) >= 11 is 0. The van der Waals surface area contributed by atoms with E-state index in [2.05, 4.69) is 29.7 Å². The maximum absolute atomic E-state index is 13.2. The summed E-state index contributed by atoms with van der Waals surface area (Å²) in [5, 5.41) is 9.83. The first-order chi connectivity index (χ1) is 18.5. The van der Waals surface area contributed by atoms with E-state index in [0.29, 0.717) is 49.7 Å². The fourth-order valence-corrected chi connectivity index (χ4v) is 4.41. The first-order valence-electron chi connectivity index (χ1n) is 12.4. The van der Waals surface area contributed by atoms with Crippen LogP contribution in [0.4, 0.5) is 10.1 Å². The third kappa shape index (κ3) is 6.40. The van der Waals surface area contributed by atoms with Gasteiger partial charge < -0.3 is 19.3 Å². The third-order valence-electron chi connectivity index (χ3n) is 6.38. The van der Waals surface area contributed by atoms with Gasteiger partial charge in [-0.2, -0.15) is 5.26 Å². The Balaban J connectivity index is 1.52. The second kappa shape index (κ2) is 12.6. The molecule has 38 heavy (non-hydrogen) atoms. The van der Waals surface area contributed by atoms with Crippen molar-refractivity contribution < 1.29 is 18.7 Å². The molecule has 1 fully saturated rings. The molecule has 7 heteroatoms. The van der Waals surface area contributed by atoms with E-state index in [0.717, 1.165) is 16.8 Å². The van der Waals surface area contributed by atoms with Crippen molar-refractivity contribution in [2.24, 2.45) is 0 Å². The highest BCUT2D eigenvalue weighted by Crippen LogP contribution is 2.35. The number of nitrogens with zero attached hydrogens (tertiary/aromatic N) is 3. The van der Waals surface area contributed by atoms with E-state index in [1.54, 1.807) is 35.3 Å². The molecule has 1 saturated heterocycles. The normalized spacial score (nSPS) is 13.6. The van der Waals surface area contributed by atoms with Gasteiger partial charge in [0, 0.05) is 37.4 Å². The van der Waals surface area contributed by atoms with E-state index in [4.69, 9.17) is 9.47 Å². The Labute approximate surface area is 222 Å². The molecule has 194 valence electrons. The summed E-state index contributed by atoms with van der Waals surface area (Å²) in [5.74, 6) is 0.409. The molecule has 0 spiro atoms. The topological polar surface area (TPSA) is 65.8 Å². The fraction of sp³-hybridized carbons (Fsp3) is 0.226. The number of carbonyl (C=O) groups excluding carboxylic acids is 1. The molecule has 1 heterocycles. The zero-order chi connectivity index (χ0) is 26.9. The molecular formula is C31H30FN3O3. The summed E-state index contributed by atoms with van der Waals surface area (Å²) in [6, 6.07) is 21.9. The predicted molar refractivity (Wildman–Crippen MR) is 146 cm³/mol. The highest BCUT2D eigenvalue weighted by molar-refractivity contribution is 6.02. The van der Waals surface area contributed by atoms with E-state index >= 15 is 0 Å². The first-order valence-corrected chi connectivity index (χ1v) is 12.4. The van der Waals surface area contributed by atoms with Crippen molar-refractivity contribution in [3.05, 3.63) is 107 Å². The molecule has 6 nitrogen and oxygen atoms in total. The summed E-state index contributed by atoms with van der Waals surface area (Å²) < 4.78 is 24.9. The number of halogens is 1. The Kier molecular flexibility index (Phi) is 8.78. The van der Waals surface area contributed by atoms with Crippen molar-refractivity contribution in [2.75, 3.05) is 38.2 Å². The van der Waals surface area contributed by atoms with Crippen molar-refractivity contribution in [3.63, 3.8) is 0 Å². The summed E-state index contributed by atoms with van der Waals surface area (Å²) in [6.45, 7) is 6.54. The van der Waals surface area contributed by atoms with Gasteiger partial charge in [0.2, 0.25) is 0 Å². The molecule has 0 unspecified atom stereocenters. The Morgan fingerprint density at radius 1 is 1.08 bits per heavy atom. The molecule has 0 radical (unpaired) electrons. The standard InChI is InChI=1S/C31H30FN3O3/c1-3-7-25-18-24(20-29(37-2)30(25)38-22-23-10-12-27(32)13-11-23)19-26(21-33)31(36)35-16-14-34(15-17-35)28-8-5-4-6-9-28/h3-6,8-13,18-20H,1,7,14-17,22H2,2H3/b26-19-. The average Bonchev–Trinajstić information content (AvgIpc) is 2.96. The van der Waals surface area contributed by atoms with Gasteiger partial charge in [0.15, 0.2) is 11.5 Å². The van der Waals surface area contributed by atoms with Crippen molar-refractivity contribution in [1.82, 2.24) is 4.90 Å². The Hall–Kier alpha value is -4.57. The first kappa shape index (κ1) is 26.5. The number of carbonyl (C=O) groups is 1. The van der Waals surface area contributed by atoms with Crippen LogP contribution >= 0.6 is 0 Å². The van der Waals surface area contributed by atoms with Crippen LogP contribution in [0.1, 0.15) is 16.7 Å². The number of benzene rings is 3. The van der Waals surface area contributed by atoms with Crippen LogP contribution in [-0.4, -0.2) is 44.1 Å². The van der Waals surface area contributed by atoms with Crippen LogP contribution in [0.2, 0.25) is 0 Å². The highest BCUT2D eigenvalue weighted by atomic mass is 19.1. The summed E-state index contributed by atoms with van der Waals surface area (Å²) in [7, 11) is 1.54. The maximum atomic E-state index is 13.2. The highest BCUT2D eigenvalue weighted by Gasteiger charge is 2.24. The molecule has 4 rings (SSSR count). The number of amides is 1. The van der Waals surface area contributed by atoms with Gasteiger partial charge in [-0.25, -0.2) is 4.39 Å². The number of hydrogen-bond donors (Lipinski definition) is 0. The monoisotopic (exact) mass is 511 g/mol. The van der Waals surface area contributed by atoms with E-state index in [1.165, 1.54) is 19.2 Å². The lowest BCUT2D eigenvalue weighted by atomic mass is 10.0. The number of piperazine rings is 1. The quantitative estimate of drug-likeness (QED) is 0.219. The second-order valence-corrected chi connectivity index (χ2v) is 8.90. The molecule has 0 atom stereocenters. The van der Waals surface area contributed by atoms with Crippen molar-refractivity contribution >= 4 is 17.7 Å². The lowest BCUT2D eigenvalue weighted by molar-refractivity contribution is -0.126. The summed E-state index contributed by atoms with van der Waals surface area (Å²) in [6.07, 6.45) is 3.83. The van der Waals surface area contributed by atoms with E-state index in [-0.39, 0.29) is 23.9 Å². The van der Waals surface area contributed by atoms with Gasteiger partial charge in [-0.05, 0) is 60.0 Å². The molecule has 1 aliphatic heterocycles. The fourth-order valence-electron chi connectivity index (χ4n) is 4.41. The number of hydrogen-bond acceptors (Lipinski definition) is 5. The molecule has 3 aromatic rings. The zero-order valence-electron chi connectivity index (χ0n) is 21.4. The predicted octanol–water partition coefficient (Wildman–Crippen LogP) is 5.40. The molecule has 1 aliphatic rings. The van der Waals surface area contributed by atoms with E-state index in [9.17, 15) is 14.4 Å². The van der Waals surface area contributed by atoms with Gasteiger partial charge in [-0.15, -0.1) is 6.58 Å². The van der Waals surface area contributed by atoms with E-state index < -0.39 is 0 Å². The number of allylic oxidation sites excluding steroid dienone is 1. The van der Waals surface area contributed by atoms with Crippen LogP contribution in [0, 0.1) is 17.1 Å². The molecule has 0 N–H and O–H groups in total. The minimum atomic E-state index is -0.310. The Morgan fingerprint density at radius 2 is 1.79 bits per heavy atom. The maximum Gasteiger partial charge on any atom is 0.264 e. The molecule has 3 aromatic carbocycles. The van der Waals surface area contributed by atoms with Crippen LogP contribution in [0.15, 0.2) is 85.0 Å². The minimum absolute atomic E-state index is 0.0600. The number of ether oxygens (including phenoxy) is 2. The second-order valence-electron chi connectivity index (χ2n) is 8.90. The van der Waals surface area contributed by atoms with Crippen LogP contribution in [-0.2, 0) is 17.8 Å². The molecule has 0 saturated carbocycles. The van der Waals surface area contributed by atoms with Gasteiger partial charge in [0.1, 0.15) is 24.1 Å². The summed E-state index contributed by atoms with van der Waals surface area (Å²) in [4.78, 5) is 17.2. The molecule has 0 aromatic heterocycles. The molecule has 0 bridgehead atoms. The Bertz CT molecular complexity index is 1340. The smallest absolute Gasteiger partial charge is 0.264 e. The van der Waals surface area contributed by atoms with Crippen LogP contribution in [0.25, 0.3) is 6.08 Å². The largest absolute Gasteiger partial charge is 0.493 e. The van der Waals surface area contributed by atoms with E-state index in [1.807, 2.05) is 24.3 Å². The van der Waals surface area contributed by atoms with Crippen molar-refractivity contribution in [2.45, 2.75) is 13.0 Å². The lowest BCUT2D eigenvalue weighted by Gasteiger charge is -2.36. The SMILES string of the molecule is C=CCc1cc(/C=C(/C#N)C(=O)N2CCN(c3ccccc3)CC2)cc(OC)c1OCc1ccc(F)cc1. The number of rotatable bonds is 9. The molecular weight excluding hydrogens is 481 g/mol. The number of para-hydroxylation sites is 1. The lowest BCUT2D eigenvalue weighted by Crippen LogP contribution is -2.49. The number of nitriles is 1. The average molecular weight is 512 g/mol. The minimum Gasteiger partial charge on any atom is -0.493 e. The number of anilines is 1. The molecule has 0 aliphatic carbocycles. The van der Waals surface area contributed by atoms with Crippen LogP contribution in [0.3, 0.4) is 0 Å². The van der Waals surface area contributed by atoms with Gasteiger partial charge in [0.05, 0.1) is 7.11 Å². The van der Waals surface area contributed by atoms with Crippen molar-refractivity contribution in [1.29, 1.82) is 5.26 Å². The zero-order valence-corrected chi connectivity index (χ0v) is 21.4. The van der Waals surface area contributed by atoms with Gasteiger partial charge in [-0.3, -0.25) is 4.79 Å². The molecule has 1 amide bonds. The van der Waals surface area contributed by atoms with Crippen LogP contribution in [0.5, 0.6) is 11.5 Å². The summed E-state index contributed by atoms with van der Waals surface area (Å²) in [5.41, 5.74) is 3.45. The van der Waals surface area contributed by atoms with Gasteiger partial charge in [-0.1, -0.05) is 36.4 Å². The van der Waals surface area contributed by atoms with Gasteiger partial charge >= 0.3 is 0 Å². The van der Waals surface area contributed by atoms with Crippen molar-refractivity contribution in [3.8, 4) is 17.6 Å².